The van der Waals surface area contributed by atoms with E-state index in [1.54, 1.807) is 7.11 Å². The minimum absolute atomic E-state index is 0.548. The number of methoxy groups -OCH3 is 1. The molecule has 1 rings (SSSR count). The molecule has 0 aliphatic carbocycles. The van der Waals surface area contributed by atoms with Gasteiger partial charge in [0.05, 0.1) is 5.60 Å². The van der Waals surface area contributed by atoms with Gasteiger partial charge in [0.25, 0.3) is 0 Å². The van der Waals surface area contributed by atoms with Crippen LogP contribution < -0.4 is 0 Å². The predicted octanol–water partition coefficient (Wildman–Crippen LogP) is 2.71. The number of aliphatic hydroxyl groups is 1. The molecule has 0 amide bonds. The van der Waals surface area contributed by atoms with Crippen molar-refractivity contribution in [1.29, 1.82) is 0 Å². The van der Waals surface area contributed by atoms with E-state index in [-0.39, 0.29) is 0 Å². The molecule has 0 saturated carbocycles. The van der Waals surface area contributed by atoms with Gasteiger partial charge in [-0.2, -0.15) is 0 Å². The molecule has 1 aromatic carbocycles. The van der Waals surface area contributed by atoms with Crippen molar-refractivity contribution in [3.05, 3.63) is 35.4 Å². The summed E-state index contributed by atoms with van der Waals surface area (Å²) in [4.78, 5) is 0. The average molecular weight is 208 g/mol. The Hall–Kier alpha value is -0.860. The van der Waals surface area contributed by atoms with Gasteiger partial charge < -0.3 is 9.84 Å². The number of hydrogen-bond acceptors (Lipinski definition) is 2. The Morgan fingerprint density at radius 1 is 1.27 bits per heavy atom. The predicted molar refractivity (Wildman–Crippen MR) is 61.9 cm³/mol. The van der Waals surface area contributed by atoms with Crippen molar-refractivity contribution in [2.75, 3.05) is 7.11 Å². The maximum Gasteiger partial charge on any atom is 0.107 e. The van der Waals surface area contributed by atoms with Gasteiger partial charge in [0, 0.05) is 7.11 Å². The molecule has 0 radical (unpaired) electrons. The Morgan fingerprint density at radius 2 is 1.80 bits per heavy atom. The maximum atomic E-state index is 10.1. The van der Waals surface area contributed by atoms with Crippen LogP contribution in [0.15, 0.2) is 24.3 Å². The second-order valence-corrected chi connectivity index (χ2v) is 4.31. The molecule has 1 aromatic rings. The number of aryl methyl sites for hydroxylation is 1. The Balaban J connectivity index is 2.87. The molecule has 0 fully saturated rings. The Bertz CT molecular complexity index is 301. The first-order valence-corrected chi connectivity index (χ1v) is 5.33. The van der Waals surface area contributed by atoms with Crippen LogP contribution in [0.1, 0.15) is 38.0 Å². The van der Waals surface area contributed by atoms with E-state index in [0.29, 0.717) is 0 Å². The average Bonchev–Trinajstić information content (AvgIpc) is 2.28. The molecule has 15 heavy (non-hydrogen) atoms. The van der Waals surface area contributed by atoms with E-state index in [2.05, 4.69) is 6.92 Å². The third kappa shape index (κ3) is 2.80. The molecule has 2 heteroatoms. The number of aliphatic hydroxyl groups excluding tert-OH is 1. The van der Waals surface area contributed by atoms with Crippen LogP contribution in [-0.4, -0.2) is 17.8 Å². The minimum Gasteiger partial charge on any atom is -0.385 e. The molecule has 1 atom stereocenters. The van der Waals surface area contributed by atoms with E-state index in [1.807, 2.05) is 38.1 Å². The van der Waals surface area contributed by atoms with Gasteiger partial charge in [0.2, 0.25) is 0 Å². The van der Waals surface area contributed by atoms with Crippen LogP contribution >= 0.6 is 0 Å². The minimum atomic E-state index is -0.589. The van der Waals surface area contributed by atoms with Gasteiger partial charge in [-0.25, -0.2) is 0 Å². The first kappa shape index (κ1) is 12.2. The lowest BCUT2D eigenvalue weighted by Gasteiger charge is -2.29. The number of rotatable bonds is 4. The summed E-state index contributed by atoms with van der Waals surface area (Å²) in [6, 6.07) is 8.02. The first-order chi connectivity index (χ1) is 7.01. The summed E-state index contributed by atoms with van der Waals surface area (Å²) < 4.78 is 5.26. The molecule has 0 heterocycles. The van der Waals surface area contributed by atoms with Crippen molar-refractivity contribution in [3.8, 4) is 0 Å². The number of benzene rings is 1. The van der Waals surface area contributed by atoms with Crippen LogP contribution in [0.2, 0.25) is 0 Å². The normalized spacial score (nSPS) is 13.9. The molecule has 2 nitrogen and oxygen atoms in total. The quantitative estimate of drug-likeness (QED) is 0.824. The summed E-state index contributed by atoms with van der Waals surface area (Å²) in [6.07, 6.45) is 0.428. The van der Waals surface area contributed by atoms with E-state index in [0.717, 1.165) is 12.0 Å². The van der Waals surface area contributed by atoms with E-state index in [4.69, 9.17) is 4.74 Å². The highest BCUT2D eigenvalue weighted by atomic mass is 16.5. The molecule has 0 saturated heterocycles. The van der Waals surface area contributed by atoms with Crippen LogP contribution in [0, 0.1) is 0 Å². The molecule has 0 aliphatic rings. The topological polar surface area (TPSA) is 29.5 Å². The van der Waals surface area contributed by atoms with E-state index in [1.165, 1.54) is 5.56 Å². The SMILES string of the molecule is CCc1ccc(C(O)C(C)(C)OC)cc1. The lowest BCUT2D eigenvalue weighted by Crippen LogP contribution is -2.31. The third-order valence-corrected chi connectivity index (χ3v) is 2.89. The summed E-state index contributed by atoms with van der Waals surface area (Å²) in [5.41, 5.74) is 1.63. The van der Waals surface area contributed by atoms with Gasteiger partial charge >= 0.3 is 0 Å². The summed E-state index contributed by atoms with van der Waals surface area (Å²) in [7, 11) is 1.61. The van der Waals surface area contributed by atoms with Crippen molar-refractivity contribution >= 4 is 0 Å². The van der Waals surface area contributed by atoms with Crippen molar-refractivity contribution in [2.24, 2.45) is 0 Å². The lowest BCUT2D eigenvalue weighted by molar-refractivity contribution is -0.0793. The smallest absolute Gasteiger partial charge is 0.107 e. The highest BCUT2D eigenvalue weighted by Crippen LogP contribution is 2.28. The van der Waals surface area contributed by atoms with Crippen molar-refractivity contribution in [2.45, 2.75) is 38.9 Å². The molecule has 1 unspecified atom stereocenters. The van der Waals surface area contributed by atoms with Crippen LogP contribution in [0.25, 0.3) is 0 Å². The van der Waals surface area contributed by atoms with Gasteiger partial charge in [0.15, 0.2) is 0 Å². The van der Waals surface area contributed by atoms with E-state index in [9.17, 15) is 5.11 Å². The maximum absolute atomic E-state index is 10.1. The second-order valence-electron chi connectivity index (χ2n) is 4.31. The molecule has 84 valence electrons. The Morgan fingerprint density at radius 3 is 2.20 bits per heavy atom. The molecular formula is C13H20O2. The Kier molecular flexibility index (Phi) is 3.89. The highest BCUT2D eigenvalue weighted by Gasteiger charge is 2.28. The monoisotopic (exact) mass is 208 g/mol. The standard InChI is InChI=1S/C13H20O2/c1-5-10-6-8-11(9-7-10)12(14)13(2,3)15-4/h6-9,12,14H,5H2,1-4H3. The fourth-order valence-electron chi connectivity index (χ4n) is 1.45. The molecule has 0 aliphatic heterocycles. The van der Waals surface area contributed by atoms with Crippen molar-refractivity contribution < 1.29 is 9.84 Å². The highest BCUT2D eigenvalue weighted by molar-refractivity contribution is 5.25. The first-order valence-electron chi connectivity index (χ1n) is 5.33. The Labute approximate surface area is 91.9 Å². The fourth-order valence-corrected chi connectivity index (χ4v) is 1.45. The van der Waals surface area contributed by atoms with Gasteiger partial charge in [-0.15, -0.1) is 0 Å². The third-order valence-electron chi connectivity index (χ3n) is 2.89. The number of ether oxygens (including phenoxy) is 1. The largest absolute Gasteiger partial charge is 0.385 e. The van der Waals surface area contributed by atoms with Crippen molar-refractivity contribution in [3.63, 3.8) is 0 Å². The zero-order valence-corrected chi connectivity index (χ0v) is 9.95. The lowest BCUT2D eigenvalue weighted by atomic mass is 9.94. The van der Waals surface area contributed by atoms with Crippen LogP contribution in [-0.2, 0) is 11.2 Å². The summed E-state index contributed by atoms with van der Waals surface area (Å²) in [6.45, 7) is 5.88. The molecule has 0 spiro atoms. The van der Waals surface area contributed by atoms with Gasteiger partial charge in [-0.3, -0.25) is 0 Å². The molecule has 0 aromatic heterocycles. The molecular weight excluding hydrogens is 188 g/mol. The van der Waals surface area contributed by atoms with E-state index >= 15 is 0 Å². The van der Waals surface area contributed by atoms with Gasteiger partial charge in [-0.1, -0.05) is 31.2 Å². The van der Waals surface area contributed by atoms with Crippen LogP contribution in [0.5, 0.6) is 0 Å². The fraction of sp³-hybridized carbons (Fsp3) is 0.538. The van der Waals surface area contributed by atoms with Gasteiger partial charge in [-0.05, 0) is 31.4 Å². The molecule has 1 N–H and O–H groups in total. The van der Waals surface area contributed by atoms with Crippen LogP contribution in [0.3, 0.4) is 0 Å². The van der Waals surface area contributed by atoms with Crippen molar-refractivity contribution in [1.82, 2.24) is 0 Å². The zero-order chi connectivity index (χ0) is 11.5. The van der Waals surface area contributed by atoms with Gasteiger partial charge in [0.1, 0.15) is 6.10 Å². The second kappa shape index (κ2) is 4.77. The summed E-state index contributed by atoms with van der Waals surface area (Å²) >= 11 is 0. The summed E-state index contributed by atoms with van der Waals surface area (Å²) in [5.74, 6) is 0. The summed E-state index contributed by atoms with van der Waals surface area (Å²) in [5, 5.41) is 10.1. The van der Waals surface area contributed by atoms with E-state index < -0.39 is 11.7 Å². The zero-order valence-electron chi connectivity index (χ0n) is 9.95. The number of hydrogen-bond donors (Lipinski definition) is 1. The van der Waals surface area contributed by atoms with Crippen LogP contribution in [0.4, 0.5) is 0 Å². The molecule has 0 bridgehead atoms.